The molecule has 0 N–H and O–H groups in total. The van der Waals surface area contributed by atoms with Crippen molar-refractivity contribution >= 4 is 58.4 Å². The second-order valence-corrected chi connectivity index (χ2v) is 29.6. The number of unbranched alkanes of at least 4 members (excludes halogenated alkanes) is 12. The van der Waals surface area contributed by atoms with Gasteiger partial charge in [0.15, 0.2) is 0 Å². The van der Waals surface area contributed by atoms with E-state index in [9.17, 15) is 0 Å². The molecule has 0 bridgehead atoms. The van der Waals surface area contributed by atoms with Gasteiger partial charge in [-0.15, -0.1) is 0 Å². The lowest BCUT2D eigenvalue weighted by Gasteiger charge is -2.35. The Hall–Kier alpha value is -3.56. The monoisotopic (exact) mass is 1170 g/mol. The molecule has 460 valence electrons. The summed E-state index contributed by atoms with van der Waals surface area (Å²) < 4.78 is 0. The average molecular weight is 1170 g/mol. The maximum Gasteiger partial charge on any atom is 0.00112 e. The predicted octanol–water partition coefficient (Wildman–Crippen LogP) is 22.5. The molecule has 0 unspecified atom stereocenters. The maximum absolute atomic E-state index is 2.78. The van der Waals surface area contributed by atoms with Crippen LogP contribution in [0.5, 0.6) is 0 Å². The Balaban J connectivity index is 1.98. The predicted molar refractivity (Wildman–Crippen MR) is 385 cm³/mol. The van der Waals surface area contributed by atoms with Crippen molar-refractivity contribution in [2.75, 3.05) is 0 Å². The van der Waals surface area contributed by atoms with E-state index in [1.165, 1.54) is 242 Å². The first-order valence-corrected chi connectivity index (χ1v) is 38.6. The standard InChI is InChI=1S/C82H122P2/c1-13-25-39-63-53-58-77(73(48-33-21-9)68(63)44-29-17-5)83(78-59-54-64(40-26-14-2)69(45-30-18-6)74(78)49-34-22-10)81-62-57-67-43-37-38-52-72(67)82(81)84(79-60-55-65(41-27-15-3)70(46-31-19-7)75(79)50-35-23-11)80-61-56-66(42-28-16-4)71(47-32-20-8)76(80)51-36-24-12/h37-38,43,52-62H,13-36,39-42,44-51H2,1-12H3. The van der Waals surface area contributed by atoms with E-state index in [-0.39, 0.29) is 0 Å². The topological polar surface area (TPSA) is 0 Å². The van der Waals surface area contributed by atoms with Crippen molar-refractivity contribution < 1.29 is 0 Å². The number of benzene rings is 6. The van der Waals surface area contributed by atoms with Gasteiger partial charge >= 0.3 is 0 Å². The van der Waals surface area contributed by atoms with E-state index >= 15 is 0 Å². The number of rotatable bonds is 42. The number of fused-ring (bicyclic) bond motifs is 1. The van der Waals surface area contributed by atoms with Gasteiger partial charge in [-0.1, -0.05) is 245 Å². The molecule has 0 aromatic heterocycles. The van der Waals surface area contributed by atoms with Crippen LogP contribution in [0.25, 0.3) is 10.8 Å². The molecule has 0 heterocycles. The lowest BCUT2D eigenvalue weighted by Crippen LogP contribution is -2.39. The van der Waals surface area contributed by atoms with Crippen LogP contribution >= 0.6 is 15.8 Å². The highest BCUT2D eigenvalue weighted by Crippen LogP contribution is 2.47. The summed E-state index contributed by atoms with van der Waals surface area (Å²) in [5.74, 6) is 0. The van der Waals surface area contributed by atoms with Gasteiger partial charge in [-0.25, -0.2) is 0 Å². The van der Waals surface area contributed by atoms with Crippen molar-refractivity contribution in [3.63, 3.8) is 0 Å². The van der Waals surface area contributed by atoms with Gasteiger partial charge in [0.05, 0.1) is 0 Å². The van der Waals surface area contributed by atoms with Crippen LogP contribution in [0.15, 0.2) is 84.9 Å². The molecular formula is C82H122P2. The Morgan fingerprint density at radius 3 is 0.738 bits per heavy atom. The summed E-state index contributed by atoms with van der Waals surface area (Å²) in [6.07, 6.45) is 44.0. The van der Waals surface area contributed by atoms with Gasteiger partial charge in [-0.3, -0.25) is 0 Å². The first-order chi connectivity index (χ1) is 41.3. The minimum Gasteiger partial charge on any atom is -0.0654 e. The molecular weight excluding hydrogens is 1050 g/mol. The lowest BCUT2D eigenvalue weighted by atomic mass is 9.90. The van der Waals surface area contributed by atoms with Gasteiger partial charge in [0.2, 0.25) is 0 Å². The molecule has 0 atom stereocenters. The van der Waals surface area contributed by atoms with Crippen molar-refractivity contribution in [2.24, 2.45) is 0 Å². The van der Waals surface area contributed by atoms with Gasteiger partial charge < -0.3 is 0 Å². The van der Waals surface area contributed by atoms with Crippen molar-refractivity contribution in [3.8, 4) is 0 Å². The second-order valence-electron chi connectivity index (χ2n) is 25.4. The third-order valence-electron chi connectivity index (χ3n) is 18.8. The molecule has 0 nitrogen and oxygen atoms in total. The summed E-state index contributed by atoms with van der Waals surface area (Å²) in [6, 6.07) is 37.1. The van der Waals surface area contributed by atoms with E-state index in [1.54, 1.807) is 98.6 Å². The second kappa shape index (κ2) is 38.7. The van der Waals surface area contributed by atoms with Crippen LogP contribution in [0, 0.1) is 0 Å². The van der Waals surface area contributed by atoms with Crippen LogP contribution < -0.4 is 31.8 Å². The third kappa shape index (κ3) is 18.3. The summed E-state index contributed by atoms with van der Waals surface area (Å²) in [5.41, 5.74) is 20.4. The van der Waals surface area contributed by atoms with Crippen molar-refractivity contribution in [2.45, 2.75) is 314 Å². The van der Waals surface area contributed by atoms with E-state index in [0.29, 0.717) is 0 Å². The summed E-state index contributed by atoms with van der Waals surface area (Å²) >= 11 is 0. The van der Waals surface area contributed by atoms with Crippen molar-refractivity contribution in [3.05, 3.63) is 152 Å². The molecule has 0 saturated carbocycles. The van der Waals surface area contributed by atoms with Crippen LogP contribution in [-0.2, 0) is 77.0 Å². The zero-order chi connectivity index (χ0) is 60.1. The van der Waals surface area contributed by atoms with E-state index in [4.69, 9.17) is 0 Å². The molecule has 2 heteroatoms. The van der Waals surface area contributed by atoms with E-state index < -0.39 is 15.8 Å². The Kier molecular flexibility index (Phi) is 32.0. The maximum atomic E-state index is 2.78. The lowest BCUT2D eigenvalue weighted by molar-refractivity contribution is 0.736. The minimum atomic E-state index is -1.05. The Morgan fingerprint density at radius 1 is 0.214 bits per heavy atom. The molecule has 0 aliphatic heterocycles. The highest BCUT2D eigenvalue weighted by molar-refractivity contribution is 7.86. The molecule has 0 aliphatic carbocycles. The number of hydrogen-bond acceptors (Lipinski definition) is 0. The van der Waals surface area contributed by atoms with E-state index in [2.05, 4.69) is 168 Å². The smallest absolute Gasteiger partial charge is 0.00112 e. The van der Waals surface area contributed by atoms with Gasteiger partial charge in [-0.05, 0) is 274 Å². The van der Waals surface area contributed by atoms with E-state index in [1.807, 2.05) is 0 Å². The highest BCUT2D eigenvalue weighted by Gasteiger charge is 2.35. The fourth-order valence-corrected chi connectivity index (χ4v) is 20.2. The largest absolute Gasteiger partial charge is 0.0654 e. The molecule has 84 heavy (non-hydrogen) atoms. The van der Waals surface area contributed by atoms with Crippen molar-refractivity contribution in [1.82, 2.24) is 0 Å². The highest BCUT2D eigenvalue weighted by atomic mass is 31.1. The van der Waals surface area contributed by atoms with Crippen LogP contribution in [0.1, 0.15) is 304 Å². The SMILES string of the molecule is CCCCc1ccc(P(c2ccc(CCCC)c(CCCC)c2CCCC)c2ccc3ccccc3c2P(c2ccc(CCCC)c(CCCC)c2CCCC)c2ccc(CCCC)c(CCCC)c2CCCC)c(CCCC)c1CCCC. The van der Waals surface area contributed by atoms with Crippen LogP contribution in [0.4, 0.5) is 0 Å². The molecule has 0 fully saturated rings. The normalized spacial score (nSPS) is 11.8. The average Bonchev–Trinajstić information content (AvgIpc) is 3.51. The molecule has 0 aliphatic rings. The molecule has 6 aromatic carbocycles. The first-order valence-electron chi connectivity index (χ1n) is 36.0. The van der Waals surface area contributed by atoms with Crippen molar-refractivity contribution in [1.29, 1.82) is 0 Å². The fraction of sp³-hybridized carbons (Fsp3) is 0.585. The van der Waals surface area contributed by atoms with Crippen LogP contribution in [0.2, 0.25) is 0 Å². The zero-order valence-corrected chi connectivity index (χ0v) is 58.2. The fourth-order valence-electron chi connectivity index (χ4n) is 13.8. The van der Waals surface area contributed by atoms with Gasteiger partial charge in [0.25, 0.3) is 0 Å². The Labute approximate surface area is 521 Å². The van der Waals surface area contributed by atoms with Gasteiger partial charge in [0, 0.05) is 5.30 Å². The van der Waals surface area contributed by atoms with Gasteiger partial charge in [-0.2, -0.15) is 0 Å². The first kappa shape index (κ1) is 69.5. The third-order valence-corrected chi connectivity index (χ3v) is 24.3. The number of aryl methyl sites for hydroxylation is 4. The summed E-state index contributed by atoms with van der Waals surface area (Å²) in [5, 5.41) is 13.0. The Bertz CT molecular complexity index is 2710. The molecule has 6 rings (SSSR count). The molecule has 0 saturated heterocycles. The number of hydrogen-bond donors (Lipinski definition) is 0. The summed E-state index contributed by atoms with van der Waals surface area (Å²) in [4.78, 5) is 0. The van der Waals surface area contributed by atoms with Crippen LogP contribution in [0.3, 0.4) is 0 Å². The quantitative estimate of drug-likeness (QED) is 0.0335. The minimum absolute atomic E-state index is 1.03. The molecule has 6 aromatic rings. The summed E-state index contributed by atoms with van der Waals surface area (Å²) in [6.45, 7) is 29.1. The zero-order valence-electron chi connectivity index (χ0n) is 56.4. The van der Waals surface area contributed by atoms with E-state index in [0.717, 1.165) is 0 Å². The molecule has 0 radical (unpaired) electrons. The Morgan fingerprint density at radius 2 is 0.452 bits per heavy atom. The molecule has 0 spiro atoms. The van der Waals surface area contributed by atoms with Gasteiger partial charge in [0.1, 0.15) is 0 Å². The van der Waals surface area contributed by atoms with Crippen LogP contribution in [-0.4, -0.2) is 0 Å². The summed E-state index contributed by atoms with van der Waals surface area (Å²) in [7, 11) is -2.08. The molecule has 0 amide bonds.